The maximum atomic E-state index is 11.3. The molecule has 0 bridgehead atoms. The molecule has 2 heterocycles. The molecule has 1 aliphatic rings. The van der Waals surface area contributed by atoms with E-state index in [1.807, 2.05) is 12.5 Å². The van der Waals surface area contributed by atoms with Gasteiger partial charge in [-0.05, 0) is 18.8 Å². The summed E-state index contributed by atoms with van der Waals surface area (Å²) >= 11 is 0. The van der Waals surface area contributed by atoms with E-state index in [-0.39, 0.29) is 0 Å². The fourth-order valence-electron chi connectivity index (χ4n) is 2.12. The Hall–Kier alpha value is -0.880. The number of hydrogen-bond donors (Lipinski definition) is 0. The highest BCUT2D eigenvalue weighted by atomic mass is 32.2. The van der Waals surface area contributed by atoms with Crippen LogP contribution in [0.2, 0.25) is 0 Å². The zero-order valence-electron chi connectivity index (χ0n) is 9.41. The first kappa shape index (κ1) is 11.6. The molecule has 1 aromatic rings. The van der Waals surface area contributed by atoms with Crippen molar-refractivity contribution in [2.24, 2.45) is 5.92 Å². The fraction of sp³-hybridized carbons (Fsp3) is 0.700. The maximum absolute atomic E-state index is 11.3. The number of sulfonamides is 1. The highest BCUT2D eigenvalue weighted by Gasteiger charge is 2.24. The Morgan fingerprint density at radius 2 is 2.06 bits per heavy atom. The molecular weight excluding hydrogens is 226 g/mol. The van der Waals surface area contributed by atoms with Gasteiger partial charge >= 0.3 is 0 Å². The summed E-state index contributed by atoms with van der Waals surface area (Å²) in [6.07, 6.45) is 8.68. The predicted molar refractivity (Wildman–Crippen MR) is 61.4 cm³/mol. The molecule has 1 fully saturated rings. The van der Waals surface area contributed by atoms with Crippen molar-refractivity contribution in [3.63, 3.8) is 0 Å². The lowest BCUT2D eigenvalue weighted by molar-refractivity contribution is 0.254. The SMILES string of the molecule is CS(=O)(=O)N1CCC(Cn2ccnc2)CC1. The first-order valence-corrected chi connectivity index (χ1v) is 7.31. The van der Waals surface area contributed by atoms with Gasteiger partial charge in [-0.2, -0.15) is 0 Å². The van der Waals surface area contributed by atoms with E-state index in [4.69, 9.17) is 0 Å². The van der Waals surface area contributed by atoms with Crippen molar-refractivity contribution >= 4 is 10.0 Å². The number of aromatic nitrogens is 2. The smallest absolute Gasteiger partial charge is 0.211 e. The van der Waals surface area contributed by atoms with E-state index in [9.17, 15) is 8.42 Å². The third-order valence-corrected chi connectivity index (χ3v) is 4.37. The predicted octanol–water partition coefficient (Wildman–Crippen LogP) is 0.555. The lowest BCUT2D eigenvalue weighted by Crippen LogP contribution is -2.38. The second kappa shape index (κ2) is 4.55. The van der Waals surface area contributed by atoms with Crippen LogP contribution >= 0.6 is 0 Å². The Morgan fingerprint density at radius 3 is 2.56 bits per heavy atom. The van der Waals surface area contributed by atoms with Crippen molar-refractivity contribution in [2.75, 3.05) is 19.3 Å². The van der Waals surface area contributed by atoms with E-state index in [1.54, 1.807) is 10.5 Å². The monoisotopic (exact) mass is 243 g/mol. The number of imidazole rings is 1. The van der Waals surface area contributed by atoms with Crippen LogP contribution in [0.3, 0.4) is 0 Å². The molecule has 0 radical (unpaired) electrons. The molecule has 0 spiro atoms. The molecule has 0 amide bonds. The zero-order chi connectivity index (χ0) is 11.6. The van der Waals surface area contributed by atoms with Crippen LogP contribution in [-0.4, -0.2) is 41.6 Å². The molecule has 0 atom stereocenters. The molecular formula is C10H17N3O2S. The van der Waals surface area contributed by atoms with Crippen LogP contribution in [0.5, 0.6) is 0 Å². The van der Waals surface area contributed by atoms with Gasteiger partial charge in [0.05, 0.1) is 12.6 Å². The van der Waals surface area contributed by atoms with E-state index in [1.165, 1.54) is 6.26 Å². The van der Waals surface area contributed by atoms with Crippen molar-refractivity contribution in [2.45, 2.75) is 19.4 Å². The molecule has 1 aliphatic heterocycles. The highest BCUT2D eigenvalue weighted by molar-refractivity contribution is 7.88. The summed E-state index contributed by atoms with van der Waals surface area (Å²) in [5, 5.41) is 0. The Bertz CT molecular complexity index is 419. The zero-order valence-corrected chi connectivity index (χ0v) is 10.2. The van der Waals surface area contributed by atoms with Gasteiger partial charge in [0.2, 0.25) is 10.0 Å². The average Bonchev–Trinajstić information content (AvgIpc) is 2.70. The first-order chi connectivity index (χ1) is 7.55. The Kier molecular flexibility index (Phi) is 3.30. The highest BCUT2D eigenvalue weighted by Crippen LogP contribution is 2.20. The van der Waals surface area contributed by atoms with Crippen LogP contribution in [0, 0.1) is 5.92 Å². The molecule has 2 rings (SSSR count). The van der Waals surface area contributed by atoms with Gasteiger partial charge in [0.15, 0.2) is 0 Å². The topological polar surface area (TPSA) is 55.2 Å². The summed E-state index contributed by atoms with van der Waals surface area (Å²) in [7, 11) is -3.00. The Morgan fingerprint density at radius 1 is 1.38 bits per heavy atom. The van der Waals surface area contributed by atoms with E-state index in [0.29, 0.717) is 19.0 Å². The van der Waals surface area contributed by atoms with Crippen molar-refractivity contribution in [1.82, 2.24) is 13.9 Å². The van der Waals surface area contributed by atoms with E-state index >= 15 is 0 Å². The molecule has 0 unspecified atom stereocenters. The molecule has 0 aromatic carbocycles. The fourth-order valence-corrected chi connectivity index (χ4v) is 2.99. The average molecular weight is 243 g/mol. The van der Waals surface area contributed by atoms with Crippen LogP contribution in [0.15, 0.2) is 18.7 Å². The summed E-state index contributed by atoms with van der Waals surface area (Å²) in [4.78, 5) is 4.00. The molecule has 5 nitrogen and oxygen atoms in total. The molecule has 0 saturated carbocycles. The minimum absolute atomic E-state index is 0.562. The number of nitrogens with zero attached hydrogens (tertiary/aromatic N) is 3. The molecule has 6 heteroatoms. The lowest BCUT2D eigenvalue weighted by atomic mass is 9.98. The lowest BCUT2D eigenvalue weighted by Gasteiger charge is -2.30. The summed E-state index contributed by atoms with van der Waals surface area (Å²) < 4.78 is 26.3. The molecule has 0 aliphatic carbocycles. The van der Waals surface area contributed by atoms with Crippen molar-refractivity contribution in [3.8, 4) is 0 Å². The summed E-state index contributed by atoms with van der Waals surface area (Å²) in [6, 6.07) is 0. The summed E-state index contributed by atoms with van der Waals surface area (Å²) in [6.45, 7) is 2.24. The minimum Gasteiger partial charge on any atom is -0.337 e. The third-order valence-electron chi connectivity index (χ3n) is 3.07. The second-order valence-corrected chi connectivity index (χ2v) is 6.35. The normalized spacial score (nSPS) is 20.1. The van der Waals surface area contributed by atoms with Gasteiger partial charge in [-0.15, -0.1) is 0 Å². The number of rotatable bonds is 3. The van der Waals surface area contributed by atoms with Crippen LogP contribution in [0.25, 0.3) is 0 Å². The summed E-state index contributed by atoms with van der Waals surface area (Å²) in [5.74, 6) is 0.562. The second-order valence-electron chi connectivity index (χ2n) is 4.36. The maximum Gasteiger partial charge on any atom is 0.211 e. The third kappa shape index (κ3) is 2.82. The minimum atomic E-state index is -3.00. The van der Waals surface area contributed by atoms with Crippen molar-refractivity contribution < 1.29 is 8.42 Å². The summed E-state index contributed by atoms with van der Waals surface area (Å²) in [5.41, 5.74) is 0. The quantitative estimate of drug-likeness (QED) is 0.779. The Labute approximate surface area is 96.1 Å². The molecule has 1 aromatic heterocycles. The van der Waals surface area contributed by atoms with E-state index < -0.39 is 10.0 Å². The van der Waals surface area contributed by atoms with Gasteiger partial charge in [-0.25, -0.2) is 17.7 Å². The van der Waals surface area contributed by atoms with Gasteiger partial charge in [-0.3, -0.25) is 0 Å². The van der Waals surface area contributed by atoms with E-state index in [2.05, 4.69) is 9.55 Å². The van der Waals surface area contributed by atoms with Gasteiger partial charge in [0, 0.05) is 32.0 Å². The molecule has 16 heavy (non-hydrogen) atoms. The van der Waals surface area contributed by atoms with Crippen molar-refractivity contribution in [3.05, 3.63) is 18.7 Å². The van der Waals surface area contributed by atoms with Crippen LogP contribution in [0.4, 0.5) is 0 Å². The van der Waals surface area contributed by atoms with Gasteiger partial charge in [-0.1, -0.05) is 0 Å². The number of hydrogen-bond acceptors (Lipinski definition) is 3. The Balaban J connectivity index is 1.86. The standard InChI is InChI=1S/C10H17N3O2S/c1-16(14,15)13-5-2-10(3-6-13)8-12-7-4-11-9-12/h4,7,9-10H,2-3,5-6,8H2,1H3. The largest absolute Gasteiger partial charge is 0.337 e. The van der Waals surface area contributed by atoms with Crippen LogP contribution < -0.4 is 0 Å². The molecule has 90 valence electrons. The number of piperidine rings is 1. The van der Waals surface area contributed by atoms with Gasteiger partial charge < -0.3 is 4.57 Å². The van der Waals surface area contributed by atoms with Crippen LogP contribution in [-0.2, 0) is 16.6 Å². The van der Waals surface area contributed by atoms with Crippen molar-refractivity contribution in [1.29, 1.82) is 0 Å². The van der Waals surface area contributed by atoms with Gasteiger partial charge in [0.25, 0.3) is 0 Å². The van der Waals surface area contributed by atoms with Crippen LogP contribution in [0.1, 0.15) is 12.8 Å². The van der Waals surface area contributed by atoms with E-state index in [0.717, 1.165) is 19.4 Å². The molecule has 1 saturated heterocycles. The molecule has 0 N–H and O–H groups in total. The first-order valence-electron chi connectivity index (χ1n) is 5.46. The van der Waals surface area contributed by atoms with Gasteiger partial charge in [0.1, 0.15) is 0 Å².